The first-order valence-electron chi connectivity index (χ1n) is 3.99. The van der Waals surface area contributed by atoms with E-state index in [1.807, 2.05) is 0 Å². The van der Waals surface area contributed by atoms with Gasteiger partial charge in [0.2, 0.25) is 0 Å². The van der Waals surface area contributed by atoms with Crippen molar-refractivity contribution in [2.45, 2.75) is 0 Å². The smallest absolute Gasteiger partial charge is 0.253 e. The molecule has 1 amide bonds. The summed E-state index contributed by atoms with van der Waals surface area (Å²) in [7, 11) is 1.57. The van der Waals surface area contributed by atoms with E-state index in [4.69, 9.17) is 16.3 Å². The molecule has 1 aromatic rings. The van der Waals surface area contributed by atoms with Crippen LogP contribution in [0.1, 0.15) is 10.4 Å². The van der Waals surface area contributed by atoms with E-state index in [9.17, 15) is 4.79 Å². The summed E-state index contributed by atoms with van der Waals surface area (Å²) in [6.45, 7) is 0.924. The Kier molecular flexibility index (Phi) is 4.28. The number of nitrogens with one attached hydrogen (secondary N) is 1. The fourth-order valence-electron chi connectivity index (χ4n) is 0.834. The molecule has 1 N–H and O–H groups in total. The molecule has 1 rings (SSSR count). The van der Waals surface area contributed by atoms with Gasteiger partial charge < -0.3 is 10.1 Å². The second-order valence-corrected chi connectivity index (χ2v) is 2.90. The van der Waals surface area contributed by atoms with Crippen molar-refractivity contribution < 1.29 is 9.53 Å². The zero-order valence-corrected chi connectivity index (χ0v) is 8.41. The molecule has 1 aromatic heterocycles. The van der Waals surface area contributed by atoms with Crippen LogP contribution in [0, 0.1) is 0 Å². The van der Waals surface area contributed by atoms with Crippen LogP contribution in [0.3, 0.4) is 0 Å². The molecule has 0 spiro atoms. The Morgan fingerprint density at radius 3 is 3.14 bits per heavy atom. The molecule has 76 valence electrons. The van der Waals surface area contributed by atoms with Crippen molar-refractivity contribution in [2.24, 2.45) is 0 Å². The molecule has 0 aliphatic carbocycles. The van der Waals surface area contributed by atoms with E-state index in [-0.39, 0.29) is 11.1 Å². The summed E-state index contributed by atoms with van der Waals surface area (Å²) in [6, 6.07) is 1.46. The lowest BCUT2D eigenvalue weighted by Gasteiger charge is -2.03. The first kappa shape index (κ1) is 10.9. The molecule has 0 fully saturated rings. The molecule has 5 nitrogen and oxygen atoms in total. The first-order valence-corrected chi connectivity index (χ1v) is 4.37. The summed E-state index contributed by atoms with van der Waals surface area (Å²) in [5.74, 6) is -0.237. The molecule has 0 unspecified atom stereocenters. The Labute approximate surface area is 86.4 Å². The summed E-state index contributed by atoms with van der Waals surface area (Å²) in [4.78, 5) is 11.4. The van der Waals surface area contributed by atoms with Gasteiger partial charge in [0.05, 0.1) is 18.4 Å². The molecule has 1 heterocycles. The summed E-state index contributed by atoms with van der Waals surface area (Å²) >= 11 is 5.57. The van der Waals surface area contributed by atoms with E-state index >= 15 is 0 Å². The quantitative estimate of drug-likeness (QED) is 0.744. The summed E-state index contributed by atoms with van der Waals surface area (Å²) < 4.78 is 4.78. The Hall–Kier alpha value is -1.20. The van der Waals surface area contributed by atoms with Gasteiger partial charge in [0.15, 0.2) is 5.15 Å². The van der Waals surface area contributed by atoms with Gasteiger partial charge in [0.1, 0.15) is 0 Å². The Morgan fingerprint density at radius 2 is 2.50 bits per heavy atom. The highest BCUT2D eigenvalue weighted by Gasteiger charge is 2.05. The summed E-state index contributed by atoms with van der Waals surface area (Å²) in [5.41, 5.74) is 0.390. The maximum absolute atomic E-state index is 11.4. The number of aromatic nitrogens is 2. The van der Waals surface area contributed by atoms with Gasteiger partial charge in [-0.15, -0.1) is 5.10 Å². The van der Waals surface area contributed by atoms with E-state index in [0.29, 0.717) is 18.7 Å². The minimum absolute atomic E-state index is 0.199. The number of carbonyl (C=O) groups excluding carboxylic acids is 1. The number of hydrogen-bond donors (Lipinski definition) is 1. The molecule has 6 heteroatoms. The van der Waals surface area contributed by atoms with E-state index < -0.39 is 0 Å². The highest BCUT2D eigenvalue weighted by molar-refractivity contribution is 6.29. The van der Waals surface area contributed by atoms with E-state index in [0.717, 1.165) is 0 Å². The molecule has 0 saturated heterocycles. The Bertz CT molecular complexity index is 319. The van der Waals surface area contributed by atoms with Gasteiger partial charge >= 0.3 is 0 Å². The third-order valence-electron chi connectivity index (χ3n) is 1.48. The minimum atomic E-state index is -0.237. The molecule has 0 aliphatic rings. The SMILES string of the molecule is COCCNC(=O)c1cnnc(Cl)c1. The molecule has 0 atom stereocenters. The fourth-order valence-corrected chi connectivity index (χ4v) is 0.995. The van der Waals surface area contributed by atoms with Crippen LogP contribution in [0.15, 0.2) is 12.3 Å². The van der Waals surface area contributed by atoms with E-state index in [1.54, 1.807) is 7.11 Å². The van der Waals surface area contributed by atoms with E-state index in [1.165, 1.54) is 12.3 Å². The van der Waals surface area contributed by atoms with Crippen molar-refractivity contribution in [2.75, 3.05) is 20.3 Å². The zero-order chi connectivity index (χ0) is 10.4. The highest BCUT2D eigenvalue weighted by atomic mass is 35.5. The van der Waals surface area contributed by atoms with Crippen molar-refractivity contribution in [3.63, 3.8) is 0 Å². The standard InChI is InChI=1S/C8H10ClN3O2/c1-14-3-2-10-8(13)6-4-7(9)12-11-5-6/h4-5H,2-3H2,1H3,(H,10,13). The number of halogens is 1. The maximum Gasteiger partial charge on any atom is 0.253 e. The van der Waals surface area contributed by atoms with Crippen LogP contribution in [0.25, 0.3) is 0 Å². The summed E-state index contributed by atoms with van der Waals surface area (Å²) in [5, 5.41) is 9.92. The van der Waals surface area contributed by atoms with Crippen LogP contribution in [-0.2, 0) is 4.74 Å². The molecular weight excluding hydrogens is 206 g/mol. The van der Waals surface area contributed by atoms with Crippen molar-refractivity contribution >= 4 is 17.5 Å². The zero-order valence-electron chi connectivity index (χ0n) is 7.66. The highest BCUT2D eigenvalue weighted by Crippen LogP contribution is 2.04. The van der Waals surface area contributed by atoms with Crippen molar-refractivity contribution in [1.29, 1.82) is 0 Å². The van der Waals surface area contributed by atoms with Gasteiger partial charge in [0, 0.05) is 13.7 Å². The van der Waals surface area contributed by atoms with Crippen LogP contribution >= 0.6 is 11.6 Å². The molecule has 0 aromatic carbocycles. The van der Waals surface area contributed by atoms with Gasteiger partial charge in [-0.25, -0.2) is 0 Å². The van der Waals surface area contributed by atoms with Crippen LogP contribution in [-0.4, -0.2) is 36.4 Å². The van der Waals surface area contributed by atoms with Gasteiger partial charge in [-0.3, -0.25) is 4.79 Å². The first-order chi connectivity index (χ1) is 6.74. The number of rotatable bonds is 4. The maximum atomic E-state index is 11.4. The average molecular weight is 216 g/mol. The third-order valence-corrected chi connectivity index (χ3v) is 1.66. The number of methoxy groups -OCH3 is 1. The number of nitrogens with zero attached hydrogens (tertiary/aromatic N) is 2. The predicted octanol–water partition coefficient (Wildman–Crippen LogP) is 0.506. The second-order valence-electron chi connectivity index (χ2n) is 2.52. The van der Waals surface area contributed by atoms with Gasteiger partial charge in [-0.1, -0.05) is 11.6 Å². The lowest BCUT2D eigenvalue weighted by atomic mass is 10.3. The lowest BCUT2D eigenvalue weighted by molar-refractivity contribution is 0.0936. The number of carbonyl (C=O) groups is 1. The Morgan fingerprint density at radius 1 is 1.71 bits per heavy atom. The van der Waals surface area contributed by atoms with Crippen molar-refractivity contribution in [3.05, 3.63) is 23.0 Å². The van der Waals surface area contributed by atoms with Crippen molar-refractivity contribution in [3.8, 4) is 0 Å². The molecule has 0 bridgehead atoms. The van der Waals surface area contributed by atoms with Gasteiger partial charge in [0.25, 0.3) is 5.91 Å². The molecule has 14 heavy (non-hydrogen) atoms. The molecule has 0 saturated carbocycles. The second kappa shape index (κ2) is 5.51. The average Bonchev–Trinajstić information content (AvgIpc) is 2.18. The van der Waals surface area contributed by atoms with Crippen LogP contribution < -0.4 is 5.32 Å². The minimum Gasteiger partial charge on any atom is -0.383 e. The van der Waals surface area contributed by atoms with Gasteiger partial charge in [-0.2, -0.15) is 5.10 Å². The Balaban J connectivity index is 2.52. The molecular formula is C8H10ClN3O2. The monoisotopic (exact) mass is 215 g/mol. The lowest BCUT2D eigenvalue weighted by Crippen LogP contribution is -2.27. The molecule has 0 aliphatic heterocycles. The number of ether oxygens (including phenoxy) is 1. The summed E-state index contributed by atoms with van der Waals surface area (Å²) in [6.07, 6.45) is 1.36. The normalized spacial score (nSPS) is 9.86. The number of amides is 1. The van der Waals surface area contributed by atoms with E-state index in [2.05, 4.69) is 15.5 Å². The largest absolute Gasteiger partial charge is 0.383 e. The van der Waals surface area contributed by atoms with Crippen LogP contribution in [0.4, 0.5) is 0 Å². The van der Waals surface area contributed by atoms with Gasteiger partial charge in [-0.05, 0) is 6.07 Å². The topological polar surface area (TPSA) is 64.1 Å². The third kappa shape index (κ3) is 3.27. The predicted molar refractivity (Wildman–Crippen MR) is 51.3 cm³/mol. The fraction of sp³-hybridized carbons (Fsp3) is 0.375. The molecule has 0 radical (unpaired) electrons. The van der Waals surface area contributed by atoms with Crippen molar-refractivity contribution in [1.82, 2.24) is 15.5 Å². The number of hydrogen-bond acceptors (Lipinski definition) is 4. The van der Waals surface area contributed by atoms with Crippen LogP contribution in [0.5, 0.6) is 0 Å². The van der Waals surface area contributed by atoms with Crippen LogP contribution in [0.2, 0.25) is 5.15 Å².